The Hall–Kier alpha value is -3.18. The van der Waals surface area contributed by atoms with Crippen molar-refractivity contribution in [2.75, 3.05) is 5.32 Å². The number of hydrogen-bond donors (Lipinski definition) is 2. The van der Waals surface area contributed by atoms with Crippen molar-refractivity contribution < 1.29 is 19.0 Å². The molecule has 0 unspecified atom stereocenters. The zero-order valence-corrected chi connectivity index (χ0v) is 16.7. The first-order chi connectivity index (χ1) is 13.7. The number of anilines is 2. The minimum absolute atomic E-state index is 0.0186. The average Bonchev–Trinajstić information content (AvgIpc) is 2.68. The second kappa shape index (κ2) is 8.45. The first kappa shape index (κ1) is 20.6. The van der Waals surface area contributed by atoms with Crippen molar-refractivity contribution in [3.63, 3.8) is 0 Å². The highest BCUT2D eigenvalue weighted by Crippen LogP contribution is 2.30. The molecule has 3 aromatic rings. The number of nitrogens with one attached hydrogen (secondary N) is 1. The Morgan fingerprint density at radius 2 is 1.59 bits per heavy atom. The van der Waals surface area contributed by atoms with Crippen LogP contribution in [0.3, 0.4) is 0 Å². The number of halogens is 1. The van der Waals surface area contributed by atoms with Crippen molar-refractivity contribution in [3.8, 4) is 11.1 Å². The van der Waals surface area contributed by atoms with E-state index in [9.17, 15) is 14.3 Å². The van der Waals surface area contributed by atoms with Crippen LogP contribution in [0.5, 0.6) is 0 Å². The number of ether oxygens (including phenoxy) is 1. The highest BCUT2D eigenvalue weighted by molar-refractivity contribution is 5.98. The second-order valence-corrected chi connectivity index (χ2v) is 7.75. The Labute approximate surface area is 170 Å². The predicted molar refractivity (Wildman–Crippen MR) is 113 cm³/mol. The maximum Gasteiger partial charge on any atom is 0.340 e. The largest absolute Gasteiger partial charge is 0.456 e. The lowest BCUT2D eigenvalue weighted by atomic mass is 10.0. The fourth-order valence-corrected chi connectivity index (χ4v) is 2.83. The van der Waals surface area contributed by atoms with Gasteiger partial charge < -0.3 is 15.2 Å². The van der Waals surface area contributed by atoms with Crippen molar-refractivity contribution in [1.29, 1.82) is 0 Å². The Kier molecular flexibility index (Phi) is 5.99. The molecule has 0 atom stereocenters. The van der Waals surface area contributed by atoms with E-state index < -0.39 is 11.6 Å². The summed E-state index contributed by atoms with van der Waals surface area (Å²) >= 11 is 0. The molecule has 0 aliphatic carbocycles. The molecule has 2 N–H and O–H groups in total. The zero-order valence-electron chi connectivity index (χ0n) is 16.7. The maximum atomic E-state index is 13.2. The molecule has 0 spiro atoms. The summed E-state index contributed by atoms with van der Waals surface area (Å²) in [6, 6.07) is 18.9. The number of esters is 1. The second-order valence-electron chi connectivity index (χ2n) is 7.75. The van der Waals surface area contributed by atoms with Gasteiger partial charge in [-0.2, -0.15) is 0 Å². The van der Waals surface area contributed by atoms with Crippen molar-refractivity contribution in [3.05, 3.63) is 83.7 Å². The lowest BCUT2D eigenvalue weighted by Gasteiger charge is -2.21. The summed E-state index contributed by atoms with van der Waals surface area (Å²) in [5, 5.41) is 12.4. The summed E-state index contributed by atoms with van der Waals surface area (Å²) in [4.78, 5) is 12.7. The number of aliphatic hydroxyl groups is 1. The zero-order chi connectivity index (χ0) is 21.0. The molecule has 3 aromatic carbocycles. The van der Waals surface area contributed by atoms with Gasteiger partial charge in [0, 0.05) is 5.69 Å². The highest BCUT2D eigenvalue weighted by Gasteiger charge is 2.21. The average molecular weight is 393 g/mol. The van der Waals surface area contributed by atoms with Crippen LogP contribution < -0.4 is 5.32 Å². The van der Waals surface area contributed by atoms with E-state index in [1.54, 1.807) is 18.2 Å². The molecule has 0 heterocycles. The Morgan fingerprint density at radius 3 is 2.17 bits per heavy atom. The van der Waals surface area contributed by atoms with Crippen LogP contribution in [-0.4, -0.2) is 16.7 Å². The summed E-state index contributed by atoms with van der Waals surface area (Å²) in [5.41, 5.74) is 3.65. The molecule has 3 rings (SSSR count). The SMILES string of the molecule is CC(C)(C)OC(=O)c1ccc(-c2ccc(CO)cc2)cc1Nc1ccc(F)cc1. The molecule has 0 aliphatic rings. The minimum atomic E-state index is -0.622. The summed E-state index contributed by atoms with van der Waals surface area (Å²) in [5.74, 6) is -0.773. The quantitative estimate of drug-likeness (QED) is 0.547. The fourth-order valence-electron chi connectivity index (χ4n) is 2.83. The van der Waals surface area contributed by atoms with Gasteiger partial charge in [0.25, 0.3) is 0 Å². The van der Waals surface area contributed by atoms with Crippen LogP contribution in [0, 0.1) is 5.82 Å². The van der Waals surface area contributed by atoms with Crippen LogP contribution in [0.2, 0.25) is 0 Å². The van der Waals surface area contributed by atoms with E-state index in [4.69, 9.17) is 4.74 Å². The standard InChI is InChI=1S/C24H24FNO3/c1-24(2,3)29-23(28)21-13-8-18(17-6-4-16(15-27)5-7-17)14-22(21)26-20-11-9-19(25)10-12-20/h4-14,26-27H,15H2,1-3H3. The van der Waals surface area contributed by atoms with Gasteiger partial charge in [-0.1, -0.05) is 30.3 Å². The van der Waals surface area contributed by atoms with E-state index in [1.165, 1.54) is 12.1 Å². The molecule has 0 aromatic heterocycles. The minimum Gasteiger partial charge on any atom is -0.456 e. The molecule has 0 saturated heterocycles. The predicted octanol–water partition coefficient (Wildman–Crippen LogP) is 5.68. The molecule has 0 fully saturated rings. The summed E-state index contributed by atoms with van der Waals surface area (Å²) in [6.45, 7) is 5.43. The first-order valence-electron chi connectivity index (χ1n) is 9.35. The van der Waals surface area contributed by atoms with Crippen LogP contribution in [0.25, 0.3) is 11.1 Å². The van der Waals surface area contributed by atoms with Gasteiger partial charge in [0.2, 0.25) is 0 Å². The number of hydrogen-bond acceptors (Lipinski definition) is 4. The Morgan fingerprint density at radius 1 is 0.966 bits per heavy atom. The molecule has 29 heavy (non-hydrogen) atoms. The fraction of sp³-hybridized carbons (Fsp3) is 0.208. The number of benzene rings is 3. The molecule has 0 amide bonds. The van der Waals surface area contributed by atoms with Gasteiger partial charge in [-0.05, 0) is 73.9 Å². The molecule has 0 saturated carbocycles. The van der Waals surface area contributed by atoms with Gasteiger partial charge in [0.1, 0.15) is 11.4 Å². The van der Waals surface area contributed by atoms with Crippen molar-refractivity contribution in [2.24, 2.45) is 0 Å². The van der Waals surface area contributed by atoms with Crippen molar-refractivity contribution in [1.82, 2.24) is 0 Å². The summed E-state index contributed by atoms with van der Waals surface area (Å²) < 4.78 is 18.8. The summed E-state index contributed by atoms with van der Waals surface area (Å²) in [7, 11) is 0. The van der Waals surface area contributed by atoms with E-state index in [0.29, 0.717) is 16.9 Å². The molecule has 150 valence electrons. The summed E-state index contributed by atoms with van der Waals surface area (Å²) in [6.07, 6.45) is 0. The van der Waals surface area contributed by atoms with E-state index in [1.807, 2.05) is 57.2 Å². The molecule has 4 nitrogen and oxygen atoms in total. The molecule has 0 radical (unpaired) electrons. The third-order valence-electron chi connectivity index (χ3n) is 4.23. The number of rotatable bonds is 5. The van der Waals surface area contributed by atoms with Crippen LogP contribution >= 0.6 is 0 Å². The first-order valence-corrected chi connectivity index (χ1v) is 9.35. The van der Waals surface area contributed by atoms with Gasteiger partial charge >= 0.3 is 5.97 Å². The Balaban J connectivity index is 2.00. The van der Waals surface area contributed by atoms with Gasteiger partial charge in [0.05, 0.1) is 17.9 Å². The van der Waals surface area contributed by atoms with Crippen LogP contribution in [0.15, 0.2) is 66.7 Å². The molecular formula is C24H24FNO3. The van der Waals surface area contributed by atoms with Gasteiger partial charge in [0.15, 0.2) is 0 Å². The number of carbonyl (C=O) groups excluding carboxylic acids is 1. The molecule has 5 heteroatoms. The van der Waals surface area contributed by atoms with E-state index >= 15 is 0 Å². The topological polar surface area (TPSA) is 58.6 Å². The number of carbonyl (C=O) groups is 1. The van der Waals surface area contributed by atoms with Crippen molar-refractivity contribution >= 4 is 17.3 Å². The smallest absolute Gasteiger partial charge is 0.340 e. The number of aliphatic hydroxyl groups excluding tert-OH is 1. The molecule has 0 aliphatic heterocycles. The maximum absolute atomic E-state index is 13.2. The van der Waals surface area contributed by atoms with E-state index in [0.717, 1.165) is 16.7 Å². The van der Waals surface area contributed by atoms with E-state index in [2.05, 4.69) is 5.32 Å². The van der Waals surface area contributed by atoms with E-state index in [-0.39, 0.29) is 12.4 Å². The third-order valence-corrected chi connectivity index (χ3v) is 4.23. The van der Waals surface area contributed by atoms with Crippen LogP contribution in [0.1, 0.15) is 36.7 Å². The van der Waals surface area contributed by atoms with Gasteiger partial charge in [-0.25, -0.2) is 9.18 Å². The third kappa shape index (κ3) is 5.42. The Bertz CT molecular complexity index is 990. The highest BCUT2D eigenvalue weighted by atomic mass is 19.1. The van der Waals surface area contributed by atoms with Crippen LogP contribution in [0.4, 0.5) is 15.8 Å². The monoisotopic (exact) mass is 393 g/mol. The van der Waals surface area contributed by atoms with Crippen molar-refractivity contribution in [2.45, 2.75) is 33.0 Å². The molecular weight excluding hydrogens is 369 g/mol. The lowest BCUT2D eigenvalue weighted by molar-refractivity contribution is 0.00707. The van der Waals surface area contributed by atoms with Gasteiger partial charge in [-0.3, -0.25) is 0 Å². The molecule has 0 bridgehead atoms. The lowest BCUT2D eigenvalue weighted by Crippen LogP contribution is -2.24. The van der Waals surface area contributed by atoms with Gasteiger partial charge in [-0.15, -0.1) is 0 Å². The normalized spacial score (nSPS) is 11.2. The van der Waals surface area contributed by atoms with Crippen LogP contribution in [-0.2, 0) is 11.3 Å².